The highest BCUT2D eigenvalue weighted by atomic mass is 19.1. The van der Waals surface area contributed by atoms with Crippen LogP contribution in [-0.4, -0.2) is 30.7 Å². The van der Waals surface area contributed by atoms with E-state index < -0.39 is 11.8 Å². The van der Waals surface area contributed by atoms with Crippen LogP contribution in [0.3, 0.4) is 0 Å². The molecule has 1 rings (SSSR count). The van der Waals surface area contributed by atoms with Crippen LogP contribution in [0, 0.1) is 5.82 Å². The lowest BCUT2D eigenvalue weighted by Crippen LogP contribution is -2.12. The third-order valence-electron chi connectivity index (χ3n) is 2.44. The number of amides is 1. The van der Waals surface area contributed by atoms with E-state index >= 15 is 0 Å². The Labute approximate surface area is 116 Å². The van der Waals surface area contributed by atoms with Gasteiger partial charge in [0, 0.05) is 37.5 Å². The van der Waals surface area contributed by atoms with Crippen LogP contribution in [0.25, 0.3) is 6.08 Å². The normalized spacial score (nSPS) is 10.7. The Kier molecular flexibility index (Phi) is 6.39. The van der Waals surface area contributed by atoms with E-state index in [9.17, 15) is 14.0 Å². The van der Waals surface area contributed by atoms with Crippen molar-refractivity contribution in [2.75, 3.05) is 19.0 Å². The molecule has 5 nitrogen and oxygen atoms in total. The van der Waals surface area contributed by atoms with Crippen LogP contribution >= 0.6 is 0 Å². The Balaban J connectivity index is 2.63. The summed E-state index contributed by atoms with van der Waals surface area (Å²) in [4.78, 5) is 21.9. The minimum Gasteiger partial charge on any atom is -0.478 e. The number of carbonyl (C=O) groups is 2. The van der Waals surface area contributed by atoms with E-state index in [1.54, 1.807) is 7.11 Å². The van der Waals surface area contributed by atoms with E-state index in [2.05, 4.69) is 5.32 Å². The van der Waals surface area contributed by atoms with E-state index in [-0.39, 0.29) is 17.9 Å². The summed E-state index contributed by atoms with van der Waals surface area (Å²) < 4.78 is 18.5. The predicted octanol–water partition coefficient (Wildman–Crippen LogP) is 2.29. The molecule has 1 amide bonds. The van der Waals surface area contributed by atoms with Crippen molar-refractivity contribution < 1.29 is 23.8 Å². The zero-order chi connectivity index (χ0) is 15.0. The van der Waals surface area contributed by atoms with Crippen LogP contribution in [-0.2, 0) is 14.3 Å². The summed E-state index contributed by atoms with van der Waals surface area (Å²) in [5.41, 5.74) is 0.474. The lowest BCUT2D eigenvalue weighted by atomic mass is 10.1. The summed E-state index contributed by atoms with van der Waals surface area (Å²) in [6.07, 6.45) is 2.88. The zero-order valence-electron chi connectivity index (χ0n) is 11.1. The first kappa shape index (κ1) is 15.8. The number of aliphatic carboxylic acids is 1. The highest BCUT2D eigenvalue weighted by molar-refractivity contribution is 5.91. The molecule has 0 radical (unpaired) electrons. The van der Waals surface area contributed by atoms with Gasteiger partial charge in [0.1, 0.15) is 5.82 Å². The molecule has 0 aliphatic carbocycles. The van der Waals surface area contributed by atoms with Crippen molar-refractivity contribution in [2.24, 2.45) is 0 Å². The molecule has 0 aliphatic heterocycles. The Morgan fingerprint density at radius 1 is 1.45 bits per heavy atom. The molecule has 0 aliphatic rings. The first-order valence-corrected chi connectivity index (χ1v) is 6.02. The maximum absolute atomic E-state index is 13.6. The third kappa shape index (κ3) is 5.62. The first-order chi connectivity index (χ1) is 9.52. The largest absolute Gasteiger partial charge is 0.478 e. The van der Waals surface area contributed by atoms with Crippen molar-refractivity contribution >= 4 is 23.6 Å². The lowest BCUT2D eigenvalue weighted by molar-refractivity contribution is -0.131. The fraction of sp³-hybridized carbons (Fsp3) is 0.286. The van der Waals surface area contributed by atoms with E-state index in [0.717, 1.165) is 18.2 Å². The van der Waals surface area contributed by atoms with Crippen LogP contribution < -0.4 is 5.32 Å². The average molecular weight is 281 g/mol. The van der Waals surface area contributed by atoms with Gasteiger partial charge in [-0.05, 0) is 30.7 Å². The second-order valence-electron chi connectivity index (χ2n) is 4.05. The van der Waals surface area contributed by atoms with Gasteiger partial charge < -0.3 is 15.2 Å². The Hall–Kier alpha value is -2.21. The molecule has 0 unspecified atom stereocenters. The number of ether oxygens (including phenoxy) is 1. The molecule has 20 heavy (non-hydrogen) atoms. The fourth-order valence-electron chi connectivity index (χ4n) is 1.50. The quantitative estimate of drug-likeness (QED) is 0.594. The van der Waals surface area contributed by atoms with Gasteiger partial charge in [-0.15, -0.1) is 0 Å². The smallest absolute Gasteiger partial charge is 0.328 e. The fourth-order valence-corrected chi connectivity index (χ4v) is 1.50. The van der Waals surface area contributed by atoms with Gasteiger partial charge in [0.15, 0.2) is 0 Å². The lowest BCUT2D eigenvalue weighted by Gasteiger charge is -2.06. The number of nitrogens with one attached hydrogen (secondary N) is 1. The second kappa shape index (κ2) is 8.06. The van der Waals surface area contributed by atoms with Gasteiger partial charge >= 0.3 is 5.97 Å². The number of halogens is 1. The van der Waals surface area contributed by atoms with Gasteiger partial charge in [-0.25, -0.2) is 9.18 Å². The topological polar surface area (TPSA) is 75.6 Å². The van der Waals surface area contributed by atoms with E-state index in [1.165, 1.54) is 12.1 Å². The molecule has 1 aromatic rings. The number of carbonyl (C=O) groups excluding carboxylic acids is 1. The number of carboxylic acid groups (broad SMARTS) is 1. The van der Waals surface area contributed by atoms with Crippen LogP contribution in [0.1, 0.15) is 18.4 Å². The highest BCUT2D eigenvalue weighted by Crippen LogP contribution is 2.16. The zero-order valence-corrected chi connectivity index (χ0v) is 11.1. The highest BCUT2D eigenvalue weighted by Gasteiger charge is 2.05. The van der Waals surface area contributed by atoms with E-state index in [1.807, 2.05) is 0 Å². The molecule has 0 heterocycles. The molecule has 0 bridgehead atoms. The van der Waals surface area contributed by atoms with Crippen molar-refractivity contribution in [3.8, 4) is 0 Å². The van der Waals surface area contributed by atoms with Crippen molar-refractivity contribution in [3.63, 3.8) is 0 Å². The summed E-state index contributed by atoms with van der Waals surface area (Å²) in [5, 5.41) is 11.0. The number of hydrogen-bond donors (Lipinski definition) is 2. The summed E-state index contributed by atoms with van der Waals surface area (Å²) in [6, 6.07) is 4.06. The molecule has 0 saturated carbocycles. The monoisotopic (exact) mass is 281 g/mol. The molecular formula is C14H16FNO4. The summed E-state index contributed by atoms with van der Waals surface area (Å²) in [6.45, 7) is 0.487. The van der Waals surface area contributed by atoms with Crippen LogP contribution in [0.15, 0.2) is 24.3 Å². The minimum atomic E-state index is -1.15. The van der Waals surface area contributed by atoms with Crippen molar-refractivity contribution in [1.29, 1.82) is 0 Å². The predicted molar refractivity (Wildman–Crippen MR) is 72.8 cm³/mol. The summed E-state index contributed by atoms with van der Waals surface area (Å²) in [5.74, 6) is -1.98. The van der Waals surface area contributed by atoms with E-state index in [4.69, 9.17) is 9.84 Å². The second-order valence-corrected chi connectivity index (χ2v) is 4.05. The van der Waals surface area contributed by atoms with Gasteiger partial charge in [0.2, 0.25) is 5.91 Å². The van der Waals surface area contributed by atoms with Crippen LogP contribution in [0.5, 0.6) is 0 Å². The molecule has 1 aromatic carbocycles. The van der Waals surface area contributed by atoms with Gasteiger partial charge in [0.05, 0.1) is 0 Å². The average Bonchev–Trinajstić information content (AvgIpc) is 2.38. The van der Waals surface area contributed by atoms with Gasteiger partial charge in [-0.1, -0.05) is 0 Å². The molecule has 0 aromatic heterocycles. The van der Waals surface area contributed by atoms with Gasteiger partial charge in [-0.3, -0.25) is 4.79 Å². The summed E-state index contributed by atoms with van der Waals surface area (Å²) in [7, 11) is 1.55. The molecule has 0 saturated heterocycles. The SMILES string of the molecule is COCCCC(=O)Nc1ccc(/C=C/C(=O)O)c(F)c1. The molecule has 0 atom stereocenters. The standard InChI is InChI=1S/C14H16FNO4/c1-20-8-2-3-13(17)16-11-6-4-10(12(15)9-11)5-7-14(18)19/h4-7,9H,2-3,8H2,1H3,(H,16,17)(H,18,19)/b7-5+. The maximum atomic E-state index is 13.6. The van der Waals surface area contributed by atoms with Crippen molar-refractivity contribution in [3.05, 3.63) is 35.7 Å². The molecule has 0 fully saturated rings. The van der Waals surface area contributed by atoms with Crippen LogP contribution in [0.2, 0.25) is 0 Å². The summed E-state index contributed by atoms with van der Waals surface area (Å²) >= 11 is 0. The Morgan fingerprint density at radius 3 is 2.80 bits per heavy atom. The van der Waals surface area contributed by atoms with Crippen LogP contribution in [0.4, 0.5) is 10.1 Å². The minimum absolute atomic E-state index is 0.143. The Morgan fingerprint density at radius 2 is 2.20 bits per heavy atom. The van der Waals surface area contributed by atoms with E-state index in [0.29, 0.717) is 18.7 Å². The Bertz CT molecular complexity index is 514. The number of methoxy groups -OCH3 is 1. The molecule has 2 N–H and O–H groups in total. The molecule has 108 valence electrons. The number of rotatable bonds is 7. The molecule has 0 spiro atoms. The molecule has 6 heteroatoms. The number of hydrogen-bond acceptors (Lipinski definition) is 3. The number of benzene rings is 1. The van der Waals surface area contributed by atoms with Gasteiger partial charge in [0.25, 0.3) is 0 Å². The van der Waals surface area contributed by atoms with Crippen molar-refractivity contribution in [2.45, 2.75) is 12.8 Å². The first-order valence-electron chi connectivity index (χ1n) is 6.02. The van der Waals surface area contributed by atoms with Crippen molar-refractivity contribution in [1.82, 2.24) is 0 Å². The van der Waals surface area contributed by atoms with Gasteiger partial charge in [-0.2, -0.15) is 0 Å². The molecular weight excluding hydrogens is 265 g/mol. The third-order valence-corrected chi connectivity index (χ3v) is 2.44. The maximum Gasteiger partial charge on any atom is 0.328 e. The number of anilines is 1. The number of carboxylic acids is 1.